The third-order valence-corrected chi connectivity index (χ3v) is 3.23. The standard InChI is InChI=1S/C13H7F3N2OS/c14-13(15,16)19-11-7-2-1-4-8(11)9-5-3-6-10-12(9)18-20-17-10/h1-7H. The maximum atomic E-state index is 12.4. The van der Waals surface area contributed by atoms with Crippen LogP contribution < -0.4 is 4.74 Å². The summed E-state index contributed by atoms with van der Waals surface area (Å²) in [5.41, 5.74) is 2.12. The molecule has 1 heterocycles. The Morgan fingerprint density at radius 2 is 1.65 bits per heavy atom. The number of para-hydroxylation sites is 1. The fourth-order valence-corrected chi connectivity index (χ4v) is 2.48. The molecule has 0 spiro atoms. The normalized spacial score (nSPS) is 11.8. The number of ether oxygens (including phenoxy) is 1. The quantitative estimate of drug-likeness (QED) is 0.709. The number of fused-ring (bicyclic) bond motifs is 1. The molecule has 102 valence electrons. The zero-order valence-corrected chi connectivity index (χ0v) is 10.7. The Morgan fingerprint density at radius 3 is 2.45 bits per heavy atom. The summed E-state index contributed by atoms with van der Waals surface area (Å²) in [5, 5.41) is 0. The third kappa shape index (κ3) is 2.44. The summed E-state index contributed by atoms with van der Waals surface area (Å²) in [5.74, 6) is -0.250. The van der Waals surface area contributed by atoms with Crippen LogP contribution >= 0.6 is 11.7 Å². The highest BCUT2D eigenvalue weighted by Crippen LogP contribution is 2.36. The lowest BCUT2D eigenvalue weighted by Crippen LogP contribution is -2.17. The minimum absolute atomic E-state index is 0.250. The molecule has 0 saturated heterocycles. The highest BCUT2D eigenvalue weighted by atomic mass is 32.1. The molecule has 3 rings (SSSR count). The highest BCUT2D eigenvalue weighted by molar-refractivity contribution is 7.00. The molecule has 0 atom stereocenters. The predicted octanol–water partition coefficient (Wildman–Crippen LogP) is 4.26. The zero-order chi connectivity index (χ0) is 14.2. The number of alkyl halides is 3. The van der Waals surface area contributed by atoms with Gasteiger partial charge in [0, 0.05) is 11.1 Å². The lowest BCUT2D eigenvalue weighted by atomic mass is 10.0. The summed E-state index contributed by atoms with van der Waals surface area (Å²) in [6.45, 7) is 0. The van der Waals surface area contributed by atoms with Crippen LogP contribution in [0.3, 0.4) is 0 Å². The molecule has 0 bridgehead atoms. The molecule has 0 aliphatic rings. The Morgan fingerprint density at radius 1 is 0.900 bits per heavy atom. The molecule has 20 heavy (non-hydrogen) atoms. The lowest BCUT2D eigenvalue weighted by Gasteiger charge is -2.13. The van der Waals surface area contributed by atoms with Gasteiger partial charge < -0.3 is 4.74 Å². The van der Waals surface area contributed by atoms with Gasteiger partial charge in [-0.05, 0) is 12.1 Å². The molecule has 3 aromatic rings. The molecule has 3 nitrogen and oxygen atoms in total. The van der Waals surface area contributed by atoms with Gasteiger partial charge in [0.25, 0.3) is 0 Å². The predicted molar refractivity (Wildman–Crippen MR) is 69.5 cm³/mol. The minimum atomic E-state index is -4.73. The Bertz CT molecular complexity index is 754. The van der Waals surface area contributed by atoms with Gasteiger partial charge in [-0.15, -0.1) is 13.2 Å². The molecule has 2 aromatic carbocycles. The number of nitrogens with zero attached hydrogens (tertiary/aromatic N) is 2. The van der Waals surface area contributed by atoms with Gasteiger partial charge in [-0.1, -0.05) is 30.3 Å². The summed E-state index contributed by atoms with van der Waals surface area (Å²) in [7, 11) is 0. The third-order valence-electron chi connectivity index (χ3n) is 2.69. The Labute approximate surface area is 116 Å². The van der Waals surface area contributed by atoms with Crippen molar-refractivity contribution >= 4 is 22.8 Å². The maximum absolute atomic E-state index is 12.4. The van der Waals surface area contributed by atoms with Crippen molar-refractivity contribution in [1.82, 2.24) is 8.75 Å². The molecule has 0 aliphatic carbocycles. The van der Waals surface area contributed by atoms with E-state index < -0.39 is 6.36 Å². The molecule has 0 saturated carbocycles. The second-order valence-corrected chi connectivity index (χ2v) is 4.51. The lowest BCUT2D eigenvalue weighted by molar-refractivity contribution is -0.274. The van der Waals surface area contributed by atoms with Crippen molar-refractivity contribution < 1.29 is 17.9 Å². The molecular formula is C13H7F3N2OS. The fraction of sp³-hybridized carbons (Fsp3) is 0.0769. The van der Waals surface area contributed by atoms with Gasteiger partial charge in [-0.3, -0.25) is 0 Å². The highest BCUT2D eigenvalue weighted by Gasteiger charge is 2.32. The van der Waals surface area contributed by atoms with E-state index in [0.717, 1.165) is 11.7 Å². The van der Waals surface area contributed by atoms with E-state index in [1.165, 1.54) is 12.1 Å². The Balaban J connectivity index is 2.17. The van der Waals surface area contributed by atoms with E-state index >= 15 is 0 Å². The van der Waals surface area contributed by atoms with Crippen LogP contribution in [0.25, 0.3) is 22.2 Å². The first-order valence-corrected chi connectivity index (χ1v) is 6.34. The summed E-state index contributed by atoms with van der Waals surface area (Å²) < 4.78 is 49.6. The van der Waals surface area contributed by atoms with Gasteiger partial charge in [0.1, 0.15) is 16.8 Å². The van der Waals surface area contributed by atoms with Gasteiger partial charge in [0.15, 0.2) is 0 Å². The van der Waals surface area contributed by atoms with Gasteiger partial charge in [-0.25, -0.2) is 0 Å². The van der Waals surface area contributed by atoms with Crippen LogP contribution in [-0.4, -0.2) is 15.1 Å². The van der Waals surface area contributed by atoms with E-state index in [2.05, 4.69) is 13.5 Å². The fourth-order valence-electron chi connectivity index (χ4n) is 1.93. The maximum Gasteiger partial charge on any atom is 0.573 e. The first kappa shape index (κ1) is 12.9. The number of hydrogen-bond acceptors (Lipinski definition) is 4. The molecule has 7 heteroatoms. The van der Waals surface area contributed by atoms with Crippen LogP contribution in [0.5, 0.6) is 5.75 Å². The van der Waals surface area contributed by atoms with Gasteiger partial charge in [-0.2, -0.15) is 8.75 Å². The summed E-state index contributed by atoms with van der Waals surface area (Å²) in [6, 6.07) is 11.2. The number of benzene rings is 2. The molecule has 0 N–H and O–H groups in total. The van der Waals surface area contributed by atoms with E-state index in [1.54, 1.807) is 30.3 Å². The van der Waals surface area contributed by atoms with Crippen molar-refractivity contribution in [2.45, 2.75) is 6.36 Å². The van der Waals surface area contributed by atoms with E-state index in [4.69, 9.17) is 0 Å². The summed E-state index contributed by atoms with van der Waals surface area (Å²) >= 11 is 1.02. The number of halogens is 3. The topological polar surface area (TPSA) is 35.0 Å². The van der Waals surface area contributed by atoms with E-state index in [-0.39, 0.29) is 5.75 Å². The van der Waals surface area contributed by atoms with Crippen molar-refractivity contribution in [3.05, 3.63) is 42.5 Å². The number of rotatable bonds is 2. The smallest absolute Gasteiger partial charge is 0.405 e. The van der Waals surface area contributed by atoms with Crippen molar-refractivity contribution in [3.8, 4) is 16.9 Å². The molecule has 0 aliphatic heterocycles. The Kier molecular flexibility index (Phi) is 3.06. The van der Waals surface area contributed by atoms with Crippen LogP contribution in [0.1, 0.15) is 0 Å². The van der Waals surface area contributed by atoms with E-state index in [1.807, 2.05) is 0 Å². The SMILES string of the molecule is FC(F)(F)Oc1ccccc1-c1cccc2nsnc12. The van der Waals surface area contributed by atoms with E-state index in [9.17, 15) is 13.2 Å². The Hall–Kier alpha value is -2.15. The summed E-state index contributed by atoms with van der Waals surface area (Å²) in [6.07, 6.45) is -4.73. The van der Waals surface area contributed by atoms with Gasteiger partial charge in [0.05, 0.1) is 11.7 Å². The second-order valence-electron chi connectivity index (χ2n) is 3.98. The monoisotopic (exact) mass is 296 g/mol. The average molecular weight is 296 g/mol. The molecule has 1 aromatic heterocycles. The number of hydrogen-bond donors (Lipinski definition) is 0. The van der Waals surface area contributed by atoms with Crippen LogP contribution in [0.2, 0.25) is 0 Å². The molecule has 0 amide bonds. The molecular weight excluding hydrogens is 289 g/mol. The molecule has 0 fully saturated rings. The van der Waals surface area contributed by atoms with Crippen molar-refractivity contribution in [2.75, 3.05) is 0 Å². The first-order valence-electron chi connectivity index (χ1n) is 5.61. The van der Waals surface area contributed by atoms with Gasteiger partial charge >= 0.3 is 6.36 Å². The van der Waals surface area contributed by atoms with Crippen molar-refractivity contribution in [3.63, 3.8) is 0 Å². The summed E-state index contributed by atoms with van der Waals surface area (Å²) in [4.78, 5) is 0. The zero-order valence-electron chi connectivity index (χ0n) is 9.89. The minimum Gasteiger partial charge on any atom is -0.405 e. The second kappa shape index (κ2) is 4.75. The first-order chi connectivity index (χ1) is 9.54. The van der Waals surface area contributed by atoms with Crippen molar-refractivity contribution in [2.24, 2.45) is 0 Å². The molecule has 0 unspecified atom stereocenters. The number of aromatic nitrogens is 2. The van der Waals surface area contributed by atoms with Crippen LogP contribution in [0, 0.1) is 0 Å². The van der Waals surface area contributed by atoms with Crippen LogP contribution in [0.4, 0.5) is 13.2 Å². The van der Waals surface area contributed by atoms with E-state index in [0.29, 0.717) is 22.2 Å². The largest absolute Gasteiger partial charge is 0.573 e. The van der Waals surface area contributed by atoms with Gasteiger partial charge in [0.2, 0.25) is 0 Å². The van der Waals surface area contributed by atoms with Crippen LogP contribution in [0.15, 0.2) is 42.5 Å². The average Bonchev–Trinajstić information content (AvgIpc) is 2.85. The van der Waals surface area contributed by atoms with Crippen LogP contribution in [-0.2, 0) is 0 Å². The molecule has 0 radical (unpaired) electrons. The van der Waals surface area contributed by atoms with Crippen molar-refractivity contribution in [1.29, 1.82) is 0 Å².